The average molecular weight is 353 g/mol. The lowest BCUT2D eigenvalue weighted by Crippen LogP contribution is -2.34. The summed E-state index contributed by atoms with van der Waals surface area (Å²) < 4.78 is 22.7. The molecule has 0 heterocycles. The van der Waals surface area contributed by atoms with Crippen molar-refractivity contribution < 1.29 is 33.7 Å². The molecule has 0 aliphatic rings. The zero-order chi connectivity index (χ0) is 18.7. The molecule has 0 amide bonds. The molecule has 1 rings (SSSR count). The molecule has 0 bridgehead atoms. The Bertz CT molecular complexity index is 617. The minimum absolute atomic E-state index is 0.00879. The number of rotatable bonds is 10. The van der Waals surface area contributed by atoms with E-state index in [-0.39, 0.29) is 25.2 Å². The minimum atomic E-state index is -1.28. The maximum absolute atomic E-state index is 12.7. The van der Waals surface area contributed by atoms with Crippen molar-refractivity contribution in [2.75, 3.05) is 20.3 Å². The minimum Gasteiger partial charge on any atom is -0.483 e. The van der Waals surface area contributed by atoms with Crippen LogP contribution in [0.4, 0.5) is 4.39 Å². The van der Waals surface area contributed by atoms with Gasteiger partial charge in [0.1, 0.15) is 12.9 Å². The van der Waals surface area contributed by atoms with Crippen LogP contribution in [0.1, 0.15) is 5.56 Å². The molecule has 2 N–H and O–H groups in total. The molecule has 0 radical (unpaired) electrons. The summed E-state index contributed by atoms with van der Waals surface area (Å²) in [6.45, 7) is -0.981. The van der Waals surface area contributed by atoms with E-state index in [4.69, 9.17) is 9.84 Å². The fourth-order valence-electron chi connectivity index (χ4n) is 1.93. The third-order valence-electron chi connectivity index (χ3n) is 3.10. The van der Waals surface area contributed by atoms with Gasteiger partial charge in [-0.25, -0.2) is 9.18 Å². The van der Waals surface area contributed by atoms with Crippen molar-refractivity contribution in [2.24, 2.45) is 0 Å². The Labute approximate surface area is 144 Å². The van der Waals surface area contributed by atoms with Crippen LogP contribution >= 0.6 is 0 Å². The number of aldehydes is 1. The molecule has 136 valence electrons. The van der Waals surface area contributed by atoms with Crippen molar-refractivity contribution in [3.63, 3.8) is 0 Å². The van der Waals surface area contributed by atoms with Crippen molar-refractivity contribution in [2.45, 2.75) is 12.7 Å². The van der Waals surface area contributed by atoms with Gasteiger partial charge < -0.3 is 24.6 Å². The molecule has 8 heteroatoms. The number of hydrogen-bond acceptors (Lipinski definition) is 7. The Kier molecular flexibility index (Phi) is 8.91. The number of aliphatic hydroxyl groups is 2. The van der Waals surface area contributed by atoms with Crippen LogP contribution < -0.4 is 0 Å². The quantitative estimate of drug-likeness (QED) is 0.279. The van der Waals surface area contributed by atoms with Gasteiger partial charge in [0.25, 0.3) is 0 Å². The van der Waals surface area contributed by atoms with Gasteiger partial charge in [0, 0.05) is 6.20 Å². The van der Waals surface area contributed by atoms with Crippen LogP contribution in [0.25, 0.3) is 0 Å². The van der Waals surface area contributed by atoms with Crippen LogP contribution in [0.2, 0.25) is 0 Å². The van der Waals surface area contributed by atoms with Crippen LogP contribution in [-0.4, -0.2) is 53.7 Å². The molecule has 0 aliphatic carbocycles. The molecule has 0 aromatic heterocycles. The van der Waals surface area contributed by atoms with Gasteiger partial charge in [-0.2, -0.15) is 0 Å². The number of nitrogens with zero attached hydrogens (tertiary/aromatic N) is 1. The van der Waals surface area contributed by atoms with Gasteiger partial charge in [-0.1, -0.05) is 30.3 Å². The lowest BCUT2D eigenvalue weighted by Gasteiger charge is -2.24. The Balaban J connectivity index is 3.17. The number of hydrogen-bond donors (Lipinski definition) is 2. The number of carbonyl (C=O) groups is 2. The molecule has 1 atom stereocenters. The van der Waals surface area contributed by atoms with E-state index >= 15 is 0 Å². The maximum atomic E-state index is 12.7. The summed E-state index contributed by atoms with van der Waals surface area (Å²) in [5, 5.41) is 18.5. The second-order valence-electron chi connectivity index (χ2n) is 4.86. The Hall–Kier alpha value is -2.71. The van der Waals surface area contributed by atoms with Crippen LogP contribution in [-0.2, 0) is 25.7 Å². The second-order valence-corrected chi connectivity index (χ2v) is 4.86. The normalized spacial score (nSPS) is 13.1. The van der Waals surface area contributed by atoms with Crippen molar-refractivity contribution in [3.05, 3.63) is 59.9 Å². The van der Waals surface area contributed by atoms with Gasteiger partial charge in [0.2, 0.25) is 0 Å². The summed E-state index contributed by atoms with van der Waals surface area (Å²) in [6, 6.07) is 8.88. The Morgan fingerprint density at radius 3 is 2.56 bits per heavy atom. The number of aliphatic hydroxyl groups excluding tert-OH is 2. The summed E-state index contributed by atoms with van der Waals surface area (Å²) in [5.74, 6) is -1.35. The van der Waals surface area contributed by atoms with E-state index in [2.05, 4.69) is 4.74 Å². The summed E-state index contributed by atoms with van der Waals surface area (Å²) in [5.41, 5.74) is 0.351. The molecule has 25 heavy (non-hydrogen) atoms. The van der Waals surface area contributed by atoms with E-state index < -0.39 is 24.4 Å². The lowest BCUT2D eigenvalue weighted by molar-refractivity contribution is -0.138. The molecule has 0 saturated heterocycles. The fraction of sp³-hybridized carbons (Fsp3) is 0.294. The zero-order valence-electron chi connectivity index (χ0n) is 13.7. The van der Waals surface area contributed by atoms with E-state index in [0.717, 1.165) is 23.8 Å². The Morgan fingerprint density at radius 2 is 2.04 bits per heavy atom. The predicted octanol–water partition coefficient (Wildman–Crippen LogP) is 0.883. The maximum Gasteiger partial charge on any atom is 0.358 e. The number of carbonyl (C=O) groups excluding carboxylic acids is 2. The number of esters is 1. The first-order valence-corrected chi connectivity index (χ1v) is 7.34. The van der Waals surface area contributed by atoms with Crippen LogP contribution in [0.3, 0.4) is 0 Å². The number of ether oxygens (including phenoxy) is 2. The van der Waals surface area contributed by atoms with Gasteiger partial charge in [0.05, 0.1) is 26.4 Å². The molecule has 0 spiro atoms. The van der Waals surface area contributed by atoms with E-state index in [9.17, 15) is 19.1 Å². The largest absolute Gasteiger partial charge is 0.483 e. The molecule has 0 aliphatic heterocycles. The van der Waals surface area contributed by atoms with Crippen LogP contribution in [0.5, 0.6) is 0 Å². The molecule has 1 aromatic rings. The van der Waals surface area contributed by atoms with Crippen LogP contribution in [0, 0.1) is 0 Å². The third kappa shape index (κ3) is 6.36. The molecular weight excluding hydrogens is 333 g/mol. The van der Waals surface area contributed by atoms with E-state index in [1.165, 1.54) is 0 Å². The molecule has 1 unspecified atom stereocenters. The summed E-state index contributed by atoms with van der Waals surface area (Å²) >= 11 is 0. The topological polar surface area (TPSA) is 96.3 Å². The number of benzene rings is 1. The molecule has 0 fully saturated rings. The van der Waals surface area contributed by atoms with Crippen molar-refractivity contribution in [1.29, 1.82) is 0 Å². The molecule has 0 saturated carbocycles. The van der Waals surface area contributed by atoms with Crippen LogP contribution in [0.15, 0.2) is 54.3 Å². The van der Waals surface area contributed by atoms with E-state index in [1.54, 1.807) is 24.3 Å². The van der Waals surface area contributed by atoms with Crippen molar-refractivity contribution in [1.82, 2.24) is 4.90 Å². The number of methoxy groups -OCH3 is 1. The highest BCUT2D eigenvalue weighted by molar-refractivity contribution is 5.94. The number of halogens is 1. The van der Waals surface area contributed by atoms with Gasteiger partial charge in [-0.3, -0.25) is 4.79 Å². The predicted molar refractivity (Wildman–Crippen MR) is 86.4 cm³/mol. The molecule has 1 aromatic carbocycles. The van der Waals surface area contributed by atoms with Crippen molar-refractivity contribution in [3.8, 4) is 0 Å². The first-order chi connectivity index (χ1) is 12.1. The van der Waals surface area contributed by atoms with Gasteiger partial charge >= 0.3 is 5.97 Å². The first kappa shape index (κ1) is 20.3. The van der Waals surface area contributed by atoms with Gasteiger partial charge in [-0.15, -0.1) is 0 Å². The highest BCUT2D eigenvalue weighted by atomic mass is 19.1. The second kappa shape index (κ2) is 11.0. The van der Waals surface area contributed by atoms with Gasteiger partial charge in [-0.05, 0) is 5.56 Å². The van der Waals surface area contributed by atoms with E-state index in [1.807, 2.05) is 6.07 Å². The lowest BCUT2D eigenvalue weighted by atomic mass is 10.2. The fourth-order valence-corrected chi connectivity index (χ4v) is 1.93. The monoisotopic (exact) mass is 353 g/mol. The summed E-state index contributed by atoms with van der Waals surface area (Å²) in [7, 11) is 1.09. The molecular formula is C17H20FNO6. The summed E-state index contributed by atoms with van der Waals surface area (Å²) in [6.07, 6.45) is -0.0508. The van der Waals surface area contributed by atoms with E-state index in [0.29, 0.717) is 6.29 Å². The summed E-state index contributed by atoms with van der Waals surface area (Å²) in [4.78, 5) is 24.4. The SMILES string of the molecule is COC(=O)/C(=C(/C=O)OCc1ccccc1)N(/C=C\F)CC(O)CO. The number of allylic oxidation sites excluding steroid dienone is 1. The highest BCUT2D eigenvalue weighted by Gasteiger charge is 2.25. The smallest absolute Gasteiger partial charge is 0.358 e. The standard InChI is InChI=1S/C17H20FNO6/c1-24-17(23)16(19(8-7-18)9-14(22)10-20)15(11-21)25-12-13-5-3-2-4-6-13/h2-8,11,14,20,22H,9-10,12H2,1H3/b8-7-,16-15+. The Morgan fingerprint density at radius 1 is 1.36 bits per heavy atom. The average Bonchev–Trinajstić information content (AvgIpc) is 2.65. The highest BCUT2D eigenvalue weighted by Crippen LogP contribution is 2.16. The first-order valence-electron chi connectivity index (χ1n) is 7.34. The zero-order valence-corrected chi connectivity index (χ0v) is 13.7. The van der Waals surface area contributed by atoms with Crippen molar-refractivity contribution >= 4 is 12.3 Å². The molecule has 7 nitrogen and oxygen atoms in total. The third-order valence-corrected chi connectivity index (χ3v) is 3.10. The van der Waals surface area contributed by atoms with Gasteiger partial charge in [0.15, 0.2) is 17.7 Å².